The number of carbonyl (C=O) groups excluding carboxylic acids is 1. The number of nitrogens with one attached hydrogen (secondary N) is 1. The summed E-state index contributed by atoms with van der Waals surface area (Å²) in [5, 5.41) is 2.79. The van der Waals surface area contributed by atoms with Crippen molar-refractivity contribution in [1.29, 1.82) is 0 Å². The van der Waals surface area contributed by atoms with Crippen LogP contribution in [0.1, 0.15) is 0 Å². The standard InChI is InChI=1S/C16H17NO3/c1-19-11-16(18)17-14-7-3-5-12(9-14)13-6-4-8-15(10-13)20-2/h3-10H,11H2,1-2H3,(H,17,18). The molecule has 2 rings (SSSR count). The Bertz CT molecular complexity index is 596. The van der Waals surface area contributed by atoms with Crippen LogP contribution in [0.3, 0.4) is 0 Å². The molecule has 0 fully saturated rings. The van der Waals surface area contributed by atoms with Crippen molar-refractivity contribution < 1.29 is 14.3 Å². The maximum Gasteiger partial charge on any atom is 0.250 e. The predicted octanol–water partition coefficient (Wildman–Crippen LogP) is 2.95. The van der Waals surface area contributed by atoms with Crippen molar-refractivity contribution in [3.63, 3.8) is 0 Å². The number of hydrogen-bond acceptors (Lipinski definition) is 3. The van der Waals surface area contributed by atoms with Crippen LogP contribution in [0.4, 0.5) is 5.69 Å². The monoisotopic (exact) mass is 271 g/mol. The van der Waals surface area contributed by atoms with E-state index in [9.17, 15) is 4.79 Å². The molecule has 0 spiro atoms. The van der Waals surface area contributed by atoms with Gasteiger partial charge in [-0.25, -0.2) is 0 Å². The molecule has 1 amide bonds. The van der Waals surface area contributed by atoms with Crippen LogP contribution in [0.25, 0.3) is 11.1 Å². The van der Waals surface area contributed by atoms with Crippen LogP contribution < -0.4 is 10.1 Å². The van der Waals surface area contributed by atoms with Gasteiger partial charge in [0.25, 0.3) is 0 Å². The molecule has 2 aromatic carbocycles. The quantitative estimate of drug-likeness (QED) is 0.909. The van der Waals surface area contributed by atoms with E-state index < -0.39 is 0 Å². The van der Waals surface area contributed by atoms with Gasteiger partial charge in [0, 0.05) is 12.8 Å². The summed E-state index contributed by atoms with van der Waals surface area (Å²) in [6, 6.07) is 15.4. The van der Waals surface area contributed by atoms with Gasteiger partial charge in [-0.15, -0.1) is 0 Å². The average Bonchev–Trinajstić information content (AvgIpc) is 2.48. The lowest BCUT2D eigenvalue weighted by Crippen LogP contribution is -2.16. The molecule has 0 aromatic heterocycles. The Hall–Kier alpha value is -2.33. The van der Waals surface area contributed by atoms with E-state index in [-0.39, 0.29) is 12.5 Å². The van der Waals surface area contributed by atoms with Gasteiger partial charge in [-0.3, -0.25) is 4.79 Å². The number of rotatable bonds is 5. The molecule has 0 radical (unpaired) electrons. The molecule has 4 heteroatoms. The smallest absolute Gasteiger partial charge is 0.250 e. The van der Waals surface area contributed by atoms with Gasteiger partial charge in [0.2, 0.25) is 5.91 Å². The minimum atomic E-state index is -0.171. The summed E-state index contributed by atoms with van der Waals surface area (Å²) in [6.45, 7) is 0.0450. The number of methoxy groups -OCH3 is 2. The second-order valence-electron chi connectivity index (χ2n) is 4.29. The molecule has 0 heterocycles. The van der Waals surface area contributed by atoms with E-state index in [1.54, 1.807) is 7.11 Å². The Balaban J connectivity index is 2.22. The number of amides is 1. The molecular weight excluding hydrogens is 254 g/mol. The van der Waals surface area contributed by atoms with E-state index in [4.69, 9.17) is 9.47 Å². The van der Waals surface area contributed by atoms with Gasteiger partial charge in [-0.2, -0.15) is 0 Å². The molecule has 0 bridgehead atoms. The Kier molecular flexibility index (Phi) is 4.74. The third kappa shape index (κ3) is 3.59. The van der Waals surface area contributed by atoms with Crippen molar-refractivity contribution in [2.45, 2.75) is 0 Å². The topological polar surface area (TPSA) is 47.6 Å². The molecule has 20 heavy (non-hydrogen) atoms. The van der Waals surface area contributed by atoms with E-state index in [1.165, 1.54) is 7.11 Å². The van der Waals surface area contributed by atoms with Crippen molar-refractivity contribution >= 4 is 11.6 Å². The SMILES string of the molecule is COCC(=O)Nc1cccc(-c2cccc(OC)c2)c1. The fourth-order valence-corrected chi connectivity index (χ4v) is 1.91. The van der Waals surface area contributed by atoms with Gasteiger partial charge in [0.1, 0.15) is 12.4 Å². The number of ether oxygens (including phenoxy) is 2. The number of carbonyl (C=O) groups is 1. The van der Waals surface area contributed by atoms with Crippen molar-refractivity contribution in [2.75, 3.05) is 26.1 Å². The van der Waals surface area contributed by atoms with Gasteiger partial charge < -0.3 is 14.8 Å². The molecule has 2 aromatic rings. The van der Waals surface area contributed by atoms with Crippen molar-refractivity contribution in [3.8, 4) is 16.9 Å². The highest BCUT2D eigenvalue weighted by molar-refractivity contribution is 5.92. The summed E-state index contributed by atoms with van der Waals surface area (Å²) in [5.41, 5.74) is 2.79. The first-order valence-corrected chi connectivity index (χ1v) is 6.26. The van der Waals surface area contributed by atoms with E-state index >= 15 is 0 Å². The molecule has 0 saturated heterocycles. The Morgan fingerprint density at radius 1 is 1.05 bits per heavy atom. The molecule has 1 N–H and O–H groups in total. The normalized spacial score (nSPS) is 10.1. The highest BCUT2D eigenvalue weighted by atomic mass is 16.5. The number of benzene rings is 2. The zero-order valence-corrected chi connectivity index (χ0v) is 11.6. The summed E-state index contributed by atoms with van der Waals surface area (Å²) in [5.74, 6) is 0.631. The van der Waals surface area contributed by atoms with Crippen LogP contribution in [0.2, 0.25) is 0 Å². The van der Waals surface area contributed by atoms with Gasteiger partial charge in [-0.05, 0) is 35.4 Å². The van der Waals surface area contributed by atoms with E-state index in [0.29, 0.717) is 0 Å². The Labute approximate surface area is 118 Å². The molecule has 0 saturated carbocycles. The molecule has 0 atom stereocenters. The summed E-state index contributed by atoms with van der Waals surface area (Å²) >= 11 is 0. The first kappa shape index (κ1) is 14.1. The summed E-state index contributed by atoms with van der Waals surface area (Å²) in [4.78, 5) is 11.5. The number of hydrogen-bond donors (Lipinski definition) is 1. The van der Waals surface area contributed by atoms with E-state index in [1.807, 2.05) is 48.5 Å². The Morgan fingerprint density at radius 3 is 2.45 bits per heavy atom. The fourth-order valence-electron chi connectivity index (χ4n) is 1.91. The molecule has 4 nitrogen and oxygen atoms in total. The van der Waals surface area contributed by atoms with E-state index in [0.717, 1.165) is 22.6 Å². The third-order valence-electron chi connectivity index (χ3n) is 2.82. The molecule has 0 aliphatic heterocycles. The summed E-state index contributed by atoms with van der Waals surface area (Å²) < 4.78 is 10.0. The molecular formula is C16H17NO3. The minimum Gasteiger partial charge on any atom is -0.497 e. The second kappa shape index (κ2) is 6.73. The van der Waals surface area contributed by atoms with Crippen molar-refractivity contribution in [3.05, 3.63) is 48.5 Å². The van der Waals surface area contributed by atoms with Crippen molar-refractivity contribution in [2.24, 2.45) is 0 Å². The molecule has 104 valence electrons. The minimum absolute atomic E-state index is 0.0450. The Morgan fingerprint density at radius 2 is 1.75 bits per heavy atom. The zero-order chi connectivity index (χ0) is 14.4. The summed E-state index contributed by atoms with van der Waals surface area (Å²) in [7, 11) is 3.13. The average molecular weight is 271 g/mol. The lowest BCUT2D eigenvalue weighted by atomic mass is 10.0. The highest BCUT2D eigenvalue weighted by Crippen LogP contribution is 2.25. The number of anilines is 1. The van der Waals surface area contributed by atoms with Crippen LogP contribution in [0.5, 0.6) is 5.75 Å². The lowest BCUT2D eigenvalue weighted by molar-refractivity contribution is -0.119. The zero-order valence-electron chi connectivity index (χ0n) is 11.6. The molecule has 0 unspecified atom stereocenters. The molecule has 0 aliphatic rings. The van der Waals surface area contributed by atoms with Crippen LogP contribution in [0.15, 0.2) is 48.5 Å². The summed E-state index contributed by atoms with van der Waals surface area (Å²) in [6.07, 6.45) is 0. The van der Waals surface area contributed by atoms with Crippen LogP contribution in [0, 0.1) is 0 Å². The second-order valence-corrected chi connectivity index (χ2v) is 4.29. The van der Waals surface area contributed by atoms with Gasteiger partial charge in [-0.1, -0.05) is 24.3 Å². The maximum absolute atomic E-state index is 11.5. The first-order chi connectivity index (χ1) is 9.72. The van der Waals surface area contributed by atoms with Crippen LogP contribution in [-0.2, 0) is 9.53 Å². The van der Waals surface area contributed by atoms with Gasteiger partial charge in [0.15, 0.2) is 0 Å². The van der Waals surface area contributed by atoms with Crippen LogP contribution in [-0.4, -0.2) is 26.7 Å². The van der Waals surface area contributed by atoms with Crippen molar-refractivity contribution in [1.82, 2.24) is 0 Å². The lowest BCUT2D eigenvalue weighted by Gasteiger charge is -2.08. The van der Waals surface area contributed by atoms with Crippen LogP contribution >= 0.6 is 0 Å². The largest absolute Gasteiger partial charge is 0.497 e. The third-order valence-corrected chi connectivity index (χ3v) is 2.82. The fraction of sp³-hybridized carbons (Fsp3) is 0.188. The van der Waals surface area contributed by atoms with Gasteiger partial charge >= 0.3 is 0 Å². The first-order valence-electron chi connectivity index (χ1n) is 6.26. The van der Waals surface area contributed by atoms with Gasteiger partial charge in [0.05, 0.1) is 7.11 Å². The molecule has 0 aliphatic carbocycles. The maximum atomic E-state index is 11.5. The highest BCUT2D eigenvalue weighted by Gasteiger charge is 2.04. The predicted molar refractivity (Wildman–Crippen MR) is 78.9 cm³/mol. The van der Waals surface area contributed by atoms with E-state index in [2.05, 4.69) is 5.32 Å².